The highest BCUT2D eigenvalue weighted by Gasteiger charge is 2.25. The number of nitrogens with zero attached hydrogens (tertiary/aromatic N) is 2. The number of carbonyl (C=O) groups is 2. The van der Waals surface area contributed by atoms with Crippen molar-refractivity contribution in [2.45, 2.75) is 52.5 Å². The number of carbonyl (C=O) groups excluding carboxylic acids is 2. The van der Waals surface area contributed by atoms with E-state index in [9.17, 15) is 9.59 Å². The number of aryl methyl sites for hydroxylation is 1. The Bertz CT molecular complexity index is 713. The van der Waals surface area contributed by atoms with Crippen molar-refractivity contribution >= 4 is 17.5 Å². The number of benzene rings is 1. The van der Waals surface area contributed by atoms with Crippen molar-refractivity contribution < 1.29 is 9.59 Å². The predicted octanol–water partition coefficient (Wildman–Crippen LogP) is 2.55. The molecule has 2 fully saturated rings. The lowest BCUT2D eigenvalue weighted by atomic mass is 9.86. The zero-order valence-electron chi connectivity index (χ0n) is 18.2. The van der Waals surface area contributed by atoms with Gasteiger partial charge in [-0.15, -0.1) is 0 Å². The van der Waals surface area contributed by atoms with Crippen LogP contribution in [0.3, 0.4) is 0 Å². The lowest BCUT2D eigenvalue weighted by Gasteiger charge is -2.35. The molecule has 1 heterocycles. The van der Waals surface area contributed by atoms with Gasteiger partial charge in [0.2, 0.25) is 11.8 Å². The van der Waals surface area contributed by atoms with Gasteiger partial charge < -0.3 is 10.6 Å². The van der Waals surface area contributed by atoms with E-state index in [0.717, 1.165) is 43.9 Å². The molecule has 6 nitrogen and oxygen atoms in total. The molecule has 0 unspecified atom stereocenters. The van der Waals surface area contributed by atoms with Crippen LogP contribution >= 0.6 is 0 Å². The number of amides is 2. The van der Waals surface area contributed by atoms with Crippen LogP contribution in [0.1, 0.15) is 43.7 Å². The van der Waals surface area contributed by atoms with Crippen molar-refractivity contribution in [2.24, 2.45) is 5.92 Å². The molecule has 0 bridgehead atoms. The molecule has 29 heavy (non-hydrogen) atoms. The summed E-state index contributed by atoms with van der Waals surface area (Å²) in [5.41, 5.74) is 3.18. The van der Waals surface area contributed by atoms with Gasteiger partial charge in [0, 0.05) is 37.9 Å². The van der Waals surface area contributed by atoms with Crippen molar-refractivity contribution in [2.75, 3.05) is 44.6 Å². The summed E-state index contributed by atoms with van der Waals surface area (Å²) < 4.78 is 0. The zero-order valence-corrected chi connectivity index (χ0v) is 18.2. The maximum atomic E-state index is 12.4. The molecule has 1 aromatic carbocycles. The lowest BCUT2D eigenvalue weighted by molar-refractivity contribution is -0.124. The van der Waals surface area contributed by atoms with Crippen LogP contribution in [-0.4, -0.2) is 66.9 Å². The lowest BCUT2D eigenvalue weighted by Crippen LogP contribution is -2.52. The van der Waals surface area contributed by atoms with Gasteiger partial charge in [0.1, 0.15) is 0 Å². The highest BCUT2D eigenvalue weighted by Crippen LogP contribution is 2.23. The molecule has 0 spiro atoms. The van der Waals surface area contributed by atoms with Crippen molar-refractivity contribution in [3.05, 3.63) is 29.3 Å². The molecule has 1 aliphatic carbocycles. The number of hydrogen-bond acceptors (Lipinski definition) is 4. The first kappa shape index (κ1) is 21.8. The van der Waals surface area contributed by atoms with Gasteiger partial charge in [0.05, 0.1) is 13.1 Å². The van der Waals surface area contributed by atoms with Crippen molar-refractivity contribution in [3.8, 4) is 0 Å². The van der Waals surface area contributed by atoms with Crippen molar-refractivity contribution in [1.29, 1.82) is 0 Å². The van der Waals surface area contributed by atoms with E-state index in [1.54, 1.807) is 0 Å². The van der Waals surface area contributed by atoms with E-state index in [1.165, 1.54) is 24.8 Å². The first-order chi connectivity index (χ1) is 13.9. The fourth-order valence-corrected chi connectivity index (χ4v) is 4.37. The fourth-order valence-electron chi connectivity index (χ4n) is 4.37. The van der Waals surface area contributed by atoms with E-state index in [1.807, 2.05) is 19.1 Å². The highest BCUT2D eigenvalue weighted by molar-refractivity contribution is 5.93. The summed E-state index contributed by atoms with van der Waals surface area (Å²) in [6.45, 7) is 10.5. The van der Waals surface area contributed by atoms with Gasteiger partial charge in [0.15, 0.2) is 0 Å². The Morgan fingerprint density at radius 1 is 0.966 bits per heavy atom. The standard InChI is InChI=1S/C23H36N4O2/c1-17-8-6-10-21(19(17)3)25-23(29)16-27-13-11-26(12-14-27)15-22(28)24-20-9-5-4-7-18(20)2/h6,8,10,18,20H,4-5,7,9,11-16H2,1-3H3,(H,24,28)(H,25,29)/t18-,20+/m1/s1. The minimum absolute atomic E-state index is 0.0242. The minimum Gasteiger partial charge on any atom is -0.352 e. The predicted molar refractivity (Wildman–Crippen MR) is 117 cm³/mol. The average Bonchev–Trinajstić information content (AvgIpc) is 2.69. The van der Waals surface area contributed by atoms with Crippen LogP contribution in [-0.2, 0) is 9.59 Å². The Hall–Kier alpha value is -1.92. The number of rotatable bonds is 6. The molecule has 160 valence electrons. The summed E-state index contributed by atoms with van der Waals surface area (Å²) >= 11 is 0. The van der Waals surface area contributed by atoms with Gasteiger partial charge in [-0.05, 0) is 49.8 Å². The summed E-state index contributed by atoms with van der Waals surface area (Å²) in [6.07, 6.45) is 4.83. The SMILES string of the molecule is Cc1cccc(NC(=O)CN2CCN(CC(=O)N[C@H]3CCCC[C@H]3C)CC2)c1C. The number of anilines is 1. The maximum absolute atomic E-state index is 12.4. The largest absolute Gasteiger partial charge is 0.352 e. The minimum atomic E-state index is 0.0242. The average molecular weight is 401 g/mol. The second-order valence-electron chi connectivity index (χ2n) is 8.78. The van der Waals surface area contributed by atoms with E-state index in [-0.39, 0.29) is 11.8 Å². The Balaban J connectivity index is 1.38. The number of piperazine rings is 1. The zero-order chi connectivity index (χ0) is 20.8. The van der Waals surface area contributed by atoms with E-state index >= 15 is 0 Å². The van der Waals surface area contributed by atoms with Crippen LogP contribution in [0.5, 0.6) is 0 Å². The molecule has 2 amide bonds. The highest BCUT2D eigenvalue weighted by atomic mass is 16.2. The molecule has 1 saturated heterocycles. The number of nitrogens with one attached hydrogen (secondary N) is 2. The number of hydrogen-bond donors (Lipinski definition) is 2. The molecule has 1 aliphatic heterocycles. The first-order valence-corrected chi connectivity index (χ1v) is 11.0. The summed E-state index contributed by atoms with van der Waals surface area (Å²) in [5.74, 6) is 0.751. The fraction of sp³-hybridized carbons (Fsp3) is 0.652. The third-order valence-electron chi connectivity index (χ3n) is 6.54. The molecule has 0 aromatic heterocycles. The molecule has 0 radical (unpaired) electrons. The molecule has 6 heteroatoms. The first-order valence-electron chi connectivity index (χ1n) is 11.0. The Morgan fingerprint density at radius 2 is 1.59 bits per heavy atom. The van der Waals surface area contributed by atoms with Gasteiger partial charge in [-0.3, -0.25) is 19.4 Å². The topological polar surface area (TPSA) is 64.7 Å². The van der Waals surface area contributed by atoms with Crippen LogP contribution in [0.25, 0.3) is 0 Å². The van der Waals surface area contributed by atoms with Crippen LogP contribution in [0, 0.1) is 19.8 Å². The van der Waals surface area contributed by atoms with E-state index in [2.05, 4.69) is 40.3 Å². The molecule has 3 rings (SSSR count). The van der Waals surface area contributed by atoms with Crippen LogP contribution in [0.2, 0.25) is 0 Å². The Morgan fingerprint density at radius 3 is 2.24 bits per heavy atom. The second kappa shape index (κ2) is 10.2. The van der Waals surface area contributed by atoms with Gasteiger partial charge in [0.25, 0.3) is 0 Å². The second-order valence-corrected chi connectivity index (χ2v) is 8.78. The molecule has 2 atom stereocenters. The smallest absolute Gasteiger partial charge is 0.238 e. The summed E-state index contributed by atoms with van der Waals surface area (Å²) in [7, 11) is 0. The molecular weight excluding hydrogens is 364 g/mol. The van der Waals surface area contributed by atoms with Gasteiger partial charge in [-0.2, -0.15) is 0 Å². The van der Waals surface area contributed by atoms with E-state index in [4.69, 9.17) is 0 Å². The van der Waals surface area contributed by atoms with Crippen LogP contribution in [0.4, 0.5) is 5.69 Å². The summed E-state index contributed by atoms with van der Waals surface area (Å²) in [5, 5.41) is 6.27. The van der Waals surface area contributed by atoms with Crippen LogP contribution in [0.15, 0.2) is 18.2 Å². The molecular formula is C23H36N4O2. The molecule has 1 saturated carbocycles. The molecule has 2 aliphatic rings. The monoisotopic (exact) mass is 400 g/mol. The third-order valence-corrected chi connectivity index (χ3v) is 6.54. The Kier molecular flexibility index (Phi) is 7.67. The van der Waals surface area contributed by atoms with Crippen LogP contribution < -0.4 is 10.6 Å². The maximum Gasteiger partial charge on any atom is 0.238 e. The third kappa shape index (κ3) is 6.28. The van der Waals surface area contributed by atoms with E-state index < -0.39 is 0 Å². The van der Waals surface area contributed by atoms with Gasteiger partial charge >= 0.3 is 0 Å². The van der Waals surface area contributed by atoms with Crippen molar-refractivity contribution in [3.63, 3.8) is 0 Å². The van der Waals surface area contributed by atoms with Gasteiger partial charge in [-0.25, -0.2) is 0 Å². The van der Waals surface area contributed by atoms with Gasteiger partial charge in [-0.1, -0.05) is 31.9 Å². The van der Waals surface area contributed by atoms with E-state index in [0.29, 0.717) is 25.0 Å². The summed E-state index contributed by atoms with van der Waals surface area (Å²) in [4.78, 5) is 29.2. The summed E-state index contributed by atoms with van der Waals surface area (Å²) in [6, 6.07) is 6.31. The normalized spacial score (nSPS) is 23.6. The van der Waals surface area contributed by atoms with Crippen molar-refractivity contribution in [1.82, 2.24) is 15.1 Å². The Labute approximate surface area is 175 Å². The molecule has 2 N–H and O–H groups in total. The molecule has 1 aromatic rings. The quantitative estimate of drug-likeness (QED) is 0.770.